The first-order valence-corrected chi connectivity index (χ1v) is 9.35. The third-order valence-corrected chi connectivity index (χ3v) is 4.94. The Kier molecular flexibility index (Phi) is 8.34. The quantitative estimate of drug-likeness (QED) is 0.414. The topological polar surface area (TPSA) is 43.8 Å². The van der Waals surface area contributed by atoms with Gasteiger partial charge in [0.05, 0.1) is 0 Å². The average molecular weight is 479 g/mol. The van der Waals surface area contributed by atoms with Crippen LogP contribution in [0.15, 0.2) is 53.7 Å². The molecule has 1 unspecified atom stereocenters. The van der Waals surface area contributed by atoms with Crippen LogP contribution in [0, 0.1) is 6.92 Å². The van der Waals surface area contributed by atoms with Crippen molar-refractivity contribution in [3.63, 3.8) is 0 Å². The molecule has 5 nitrogen and oxygen atoms in total. The molecular formula is C21H30IN5. The molecule has 0 bridgehead atoms. The van der Waals surface area contributed by atoms with Crippen LogP contribution < -0.4 is 10.2 Å². The van der Waals surface area contributed by atoms with Gasteiger partial charge >= 0.3 is 0 Å². The molecule has 0 aliphatic carbocycles. The minimum absolute atomic E-state index is 0. The summed E-state index contributed by atoms with van der Waals surface area (Å²) >= 11 is 0. The van der Waals surface area contributed by atoms with E-state index >= 15 is 0 Å². The molecule has 1 aromatic heterocycles. The van der Waals surface area contributed by atoms with E-state index in [0.717, 1.165) is 44.5 Å². The first-order chi connectivity index (χ1) is 12.7. The van der Waals surface area contributed by atoms with Crippen LogP contribution in [0.2, 0.25) is 0 Å². The lowest BCUT2D eigenvalue weighted by molar-refractivity contribution is 0.370. The second kappa shape index (κ2) is 10.5. The van der Waals surface area contributed by atoms with Gasteiger partial charge in [-0.3, -0.25) is 4.99 Å². The van der Waals surface area contributed by atoms with Crippen molar-refractivity contribution < 1.29 is 0 Å². The van der Waals surface area contributed by atoms with Crippen molar-refractivity contribution in [2.75, 3.05) is 44.7 Å². The number of aromatic nitrogens is 1. The molecule has 2 aromatic rings. The van der Waals surface area contributed by atoms with E-state index in [9.17, 15) is 0 Å². The number of piperazine rings is 1. The van der Waals surface area contributed by atoms with Crippen LogP contribution in [0.1, 0.15) is 24.0 Å². The highest BCUT2D eigenvalue weighted by Gasteiger charge is 2.20. The number of anilines is 1. The monoisotopic (exact) mass is 479 g/mol. The van der Waals surface area contributed by atoms with E-state index < -0.39 is 0 Å². The average Bonchev–Trinajstić information content (AvgIpc) is 2.69. The zero-order valence-electron chi connectivity index (χ0n) is 16.4. The minimum Gasteiger partial charge on any atom is -0.356 e. The van der Waals surface area contributed by atoms with Crippen LogP contribution >= 0.6 is 24.0 Å². The Hall–Kier alpha value is -1.83. The fourth-order valence-electron chi connectivity index (χ4n) is 3.36. The van der Waals surface area contributed by atoms with E-state index in [1.807, 2.05) is 25.4 Å². The van der Waals surface area contributed by atoms with Gasteiger partial charge in [0, 0.05) is 46.0 Å². The molecule has 1 N–H and O–H groups in total. The predicted molar refractivity (Wildman–Crippen MR) is 124 cm³/mol. The Bertz CT molecular complexity index is 726. The van der Waals surface area contributed by atoms with E-state index in [1.54, 1.807) is 0 Å². The Morgan fingerprint density at radius 1 is 1.15 bits per heavy atom. The van der Waals surface area contributed by atoms with Crippen molar-refractivity contribution >= 4 is 35.8 Å². The Labute approximate surface area is 179 Å². The maximum atomic E-state index is 4.49. The molecule has 1 aromatic carbocycles. The van der Waals surface area contributed by atoms with Gasteiger partial charge in [-0.05, 0) is 30.5 Å². The predicted octanol–water partition coefficient (Wildman–Crippen LogP) is 3.51. The van der Waals surface area contributed by atoms with E-state index in [-0.39, 0.29) is 24.0 Å². The van der Waals surface area contributed by atoms with Crippen LogP contribution in [0.5, 0.6) is 0 Å². The largest absolute Gasteiger partial charge is 0.356 e. The van der Waals surface area contributed by atoms with Gasteiger partial charge in [-0.25, -0.2) is 4.98 Å². The SMILES string of the molecule is CN=C(NCC(C)c1cccc(C)c1)N1CCN(c2ccccn2)CC1.I. The zero-order valence-corrected chi connectivity index (χ0v) is 18.8. The summed E-state index contributed by atoms with van der Waals surface area (Å²) in [5.41, 5.74) is 2.68. The number of pyridine rings is 1. The van der Waals surface area contributed by atoms with Crippen LogP contribution in [-0.2, 0) is 0 Å². The smallest absolute Gasteiger partial charge is 0.193 e. The fraction of sp³-hybridized carbons (Fsp3) is 0.429. The van der Waals surface area contributed by atoms with Crippen molar-refractivity contribution in [1.29, 1.82) is 0 Å². The Morgan fingerprint density at radius 3 is 2.56 bits per heavy atom. The number of hydrogen-bond donors (Lipinski definition) is 1. The Morgan fingerprint density at radius 2 is 1.93 bits per heavy atom. The molecule has 1 saturated heterocycles. The lowest BCUT2D eigenvalue weighted by atomic mass is 9.99. The summed E-state index contributed by atoms with van der Waals surface area (Å²) < 4.78 is 0. The van der Waals surface area contributed by atoms with Gasteiger partial charge in [0.15, 0.2) is 5.96 Å². The molecule has 27 heavy (non-hydrogen) atoms. The molecule has 0 radical (unpaired) electrons. The number of benzene rings is 1. The van der Waals surface area contributed by atoms with Crippen LogP contribution in [-0.4, -0.2) is 55.6 Å². The third kappa shape index (κ3) is 5.82. The highest BCUT2D eigenvalue weighted by molar-refractivity contribution is 14.0. The Balaban J connectivity index is 0.00000261. The third-order valence-electron chi connectivity index (χ3n) is 4.94. The molecular weight excluding hydrogens is 449 g/mol. The van der Waals surface area contributed by atoms with Crippen molar-refractivity contribution in [2.24, 2.45) is 4.99 Å². The number of nitrogens with one attached hydrogen (secondary N) is 1. The molecule has 0 saturated carbocycles. The van der Waals surface area contributed by atoms with Crippen molar-refractivity contribution in [3.8, 4) is 0 Å². The molecule has 6 heteroatoms. The van der Waals surface area contributed by atoms with E-state index in [2.05, 4.69) is 69.3 Å². The van der Waals surface area contributed by atoms with Crippen molar-refractivity contribution in [2.45, 2.75) is 19.8 Å². The summed E-state index contributed by atoms with van der Waals surface area (Å²) in [5, 5.41) is 3.55. The molecule has 1 atom stereocenters. The number of nitrogens with zero attached hydrogens (tertiary/aromatic N) is 4. The zero-order chi connectivity index (χ0) is 18.4. The summed E-state index contributed by atoms with van der Waals surface area (Å²) in [6, 6.07) is 14.8. The van der Waals surface area contributed by atoms with Crippen LogP contribution in [0.3, 0.4) is 0 Å². The van der Waals surface area contributed by atoms with Gasteiger partial charge in [-0.15, -0.1) is 24.0 Å². The van der Waals surface area contributed by atoms with Gasteiger partial charge in [-0.2, -0.15) is 0 Å². The van der Waals surface area contributed by atoms with E-state index in [0.29, 0.717) is 5.92 Å². The maximum Gasteiger partial charge on any atom is 0.193 e. The van der Waals surface area contributed by atoms with Gasteiger partial charge in [-0.1, -0.05) is 42.8 Å². The first kappa shape index (κ1) is 21.5. The molecule has 2 heterocycles. The normalized spacial score (nSPS) is 15.9. The number of aliphatic imine (C=N–C) groups is 1. The number of aryl methyl sites for hydroxylation is 1. The van der Waals surface area contributed by atoms with Crippen molar-refractivity contribution in [3.05, 3.63) is 59.8 Å². The molecule has 1 fully saturated rings. The molecule has 1 aliphatic rings. The number of rotatable bonds is 4. The highest BCUT2D eigenvalue weighted by Crippen LogP contribution is 2.16. The standard InChI is InChI=1S/C21H29N5.HI/c1-17-7-6-8-19(15-17)18(2)16-24-21(22-3)26-13-11-25(12-14-26)20-9-4-5-10-23-20;/h4-10,15,18H,11-14,16H2,1-3H3,(H,22,24);1H. The highest BCUT2D eigenvalue weighted by atomic mass is 127. The summed E-state index contributed by atoms with van der Waals surface area (Å²) in [7, 11) is 1.87. The summed E-state index contributed by atoms with van der Waals surface area (Å²) in [5.74, 6) is 2.50. The van der Waals surface area contributed by atoms with Gasteiger partial charge in [0.2, 0.25) is 0 Å². The second-order valence-electron chi connectivity index (χ2n) is 6.91. The molecule has 1 aliphatic heterocycles. The molecule has 146 valence electrons. The second-order valence-corrected chi connectivity index (χ2v) is 6.91. The first-order valence-electron chi connectivity index (χ1n) is 9.35. The molecule has 3 rings (SSSR count). The number of hydrogen-bond acceptors (Lipinski definition) is 3. The lowest BCUT2D eigenvalue weighted by Crippen LogP contribution is -2.53. The van der Waals surface area contributed by atoms with Crippen molar-refractivity contribution in [1.82, 2.24) is 15.2 Å². The van der Waals surface area contributed by atoms with E-state index in [1.165, 1.54) is 11.1 Å². The lowest BCUT2D eigenvalue weighted by Gasteiger charge is -2.37. The molecule has 0 amide bonds. The summed E-state index contributed by atoms with van der Waals surface area (Å²) in [6.07, 6.45) is 1.86. The molecule has 0 spiro atoms. The fourth-order valence-corrected chi connectivity index (χ4v) is 3.36. The van der Waals surface area contributed by atoms with E-state index in [4.69, 9.17) is 0 Å². The van der Waals surface area contributed by atoms with Crippen LogP contribution in [0.25, 0.3) is 0 Å². The van der Waals surface area contributed by atoms with Crippen LogP contribution in [0.4, 0.5) is 5.82 Å². The van der Waals surface area contributed by atoms with Gasteiger partial charge < -0.3 is 15.1 Å². The summed E-state index contributed by atoms with van der Waals surface area (Å²) in [6.45, 7) is 9.12. The maximum absolute atomic E-state index is 4.49. The number of guanidine groups is 1. The van der Waals surface area contributed by atoms with Gasteiger partial charge in [0.1, 0.15) is 5.82 Å². The minimum atomic E-state index is 0. The summed E-state index contributed by atoms with van der Waals surface area (Å²) in [4.78, 5) is 13.6. The van der Waals surface area contributed by atoms with Gasteiger partial charge in [0.25, 0.3) is 0 Å². The number of halogens is 1.